The standard InChI is InChI=1S/C12H9F3N2O2/c13-12(14,15)6-19-10-5-9(11(16)18)17-8-4-2-1-3-7(8)10/h1-5H,6H2,(H2,16,18). The largest absolute Gasteiger partial charge is 0.483 e. The lowest BCUT2D eigenvalue weighted by atomic mass is 10.2. The number of nitrogens with zero attached hydrogens (tertiary/aromatic N) is 1. The molecule has 19 heavy (non-hydrogen) atoms. The molecule has 0 fully saturated rings. The number of fused-ring (bicyclic) bond motifs is 1. The molecule has 0 spiro atoms. The van der Waals surface area contributed by atoms with Gasteiger partial charge in [-0.3, -0.25) is 4.79 Å². The highest BCUT2D eigenvalue weighted by Crippen LogP contribution is 2.27. The fourth-order valence-electron chi connectivity index (χ4n) is 1.55. The molecule has 1 aromatic carbocycles. The number of aromatic nitrogens is 1. The summed E-state index contributed by atoms with van der Waals surface area (Å²) in [5.41, 5.74) is 5.28. The van der Waals surface area contributed by atoms with Crippen LogP contribution in [0.2, 0.25) is 0 Å². The van der Waals surface area contributed by atoms with E-state index < -0.39 is 18.7 Å². The van der Waals surface area contributed by atoms with E-state index in [0.717, 1.165) is 6.07 Å². The van der Waals surface area contributed by atoms with Crippen molar-refractivity contribution in [2.75, 3.05) is 6.61 Å². The van der Waals surface area contributed by atoms with E-state index in [1.807, 2.05) is 0 Å². The number of hydrogen-bond donors (Lipinski definition) is 1. The Morgan fingerprint density at radius 2 is 2.00 bits per heavy atom. The molecule has 2 rings (SSSR count). The lowest BCUT2D eigenvalue weighted by Gasteiger charge is -2.12. The van der Waals surface area contributed by atoms with Crippen molar-refractivity contribution < 1.29 is 22.7 Å². The second kappa shape index (κ2) is 4.75. The molecule has 2 aromatic rings. The average molecular weight is 270 g/mol. The van der Waals surface area contributed by atoms with Crippen molar-refractivity contribution in [3.05, 3.63) is 36.0 Å². The van der Waals surface area contributed by atoms with Crippen LogP contribution in [-0.4, -0.2) is 23.7 Å². The zero-order valence-electron chi connectivity index (χ0n) is 9.57. The van der Waals surface area contributed by atoms with E-state index in [1.165, 1.54) is 0 Å². The summed E-state index contributed by atoms with van der Waals surface area (Å²) < 4.78 is 41.2. The third kappa shape index (κ3) is 3.12. The molecule has 1 amide bonds. The normalized spacial score (nSPS) is 11.5. The molecule has 0 saturated carbocycles. The van der Waals surface area contributed by atoms with Crippen molar-refractivity contribution in [3.8, 4) is 5.75 Å². The van der Waals surface area contributed by atoms with Crippen molar-refractivity contribution in [1.82, 2.24) is 4.98 Å². The number of alkyl halides is 3. The van der Waals surface area contributed by atoms with Gasteiger partial charge in [0.25, 0.3) is 5.91 Å². The molecule has 1 heterocycles. The number of amides is 1. The van der Waals surface area contributed by atoms with Gasteiger partial charge in [-0.25, -0.2) is 4.98 Å². The molecular formula is C12H9F3N2O2. The van der Waals surface area contributed by atoms with E-state index in [2.05, 4.69) is 4.98 Å². The summed E-state index contributed by atoms with van der Waals surface area (Å²) in [6.45, 7) is -1.45. The lowest BCUT2D eigenvalue weighted by molar-refractivity contribution is -0.153. The van der Waals surface area contributed by atoms with Crippen LogP contribution < -0.4 is 10.5 Å². The number of carbonyl (C=O) groups is 1. The van der Waals surface area contributed by atoms with Gasteiger partial charge >= 0.3 is 6.18 Å². The Balaban J connectivity index is 2.47. The van der Waals surface area contributed by atoms with Crippen LogP contribution in [0.5, 0.6) is 5.75 Å². The number of rotatable bonds is 3. The smallest absolute Gasteiger partial charge is 0.422 e. The first-order valence-electron chi connectivity index (χ1n) is 5.26. The van der Waals surface area contributed by atoms with E-state index in [0.29, 0.717) is 10.9 Å². The number of halogens is 3. The summed E-state index contributed by atoms with van der Waals surface area (Å²) in [5, 5.41) is 0.386. The Hall–Kier alpha value is -2.31. The number of ether oxygens (including phenoxy) is 1. The Labute approximate surface area is 106 Å². The molecule has 1 aromatic heterocycles. The first-order valence-corrected chi connectivity index (χ1v) is 5.26. The molecule has 0 aliphatic carbocycles. The van der Waals surface area contributed by atoms with E-state index in [1.54, 1.807) is 24.3 Å². The van der Waals surface area contributed by atoms with Gasteiger partial charge in [0, 0.05) is 11.5 Å². The molecule has 4 nitrogen and oxygen atoms in total. The number of hydrogen-bond acceptors (Lipinski definition) is 3. The van der Waals surface area contributed by atoms with Crippen molar-refractivity contribution in [2.24, 2.45) is 5.73 Å². The molecule has 2 N–H and O–H groups in total. The molecule has 100 valence electrons. The van der Waals surface area contributed by atoms with Crippen LogP contribution in [0, 0.1) is 0 Å². The van der Waals surface area contributed by atoms with Crippen LogP contribution in [0.15, 0.2) is 30.3 Å². The fraction of sp³-hybridized carbons (Fsp3) is 0.167. The molecule has 0 radical (unpaired) electrons. The monoisotopic (exact) mass is 270 g/mol. The molecule has 0 aliphatic heterocycles. The SMILES string of the molecule is NC(=O)c1cc(OCC(F)(F)F)c2ccccc2n1. The van der Waals surface area contributed by atoms with Gasteiger partial charge in [-0.15, -0.1) is 0 Å². The maximum absolute atomic E-state index is 12.2. The molecule has 0 atom stereocenters. The predicted molar refractivity (Wildman–Crippen MR) is 61.8 cm³/mol. The highest BCUT2D eigenvalue weighted by atomic mass is 19.4. The van der Waals surface area contributed by atoms with Crippen LogP contribution in [0.3, 0.4) is 0 Å². The van der Waals surface area contributed by atoms with Crippen molar-refractivity contribution in [1.29, 1.82) is 0 Å². The summed E-state index contributed by atoms with van der Waals surface area (Å²) in [4.78, 5) is 15.0. The van der Waals surface area contributed by atoms with Gasteiger partial charge in [0.15, 0.2) is 6.61 Å². The van der Waals surface area contributed by atoms with E-state index in [-0.39, 0.29) is 11.4 Å². The average Bonchev–Trinajstić information content (AvgIpc) is 2.34. The maximum Gasteiger partial charge on any atom is 0.422 e. The zero-order valence-corrected chi connectivity index (χ0v) is 9.57. The summed E-state index contributed by atoms with van der Waals surface area (Å²) in [6, 6.07) is 7.50. The van der Waals surface area contributed by atoms with E-state index in [4.69, 9.17) is 10.5 Å². The topological polar surface area (TPSA) is 65.2 Å². The van der Waals surface area contributed by atoms with Crippen molar-refractivity contribution in [2.45, 2.75) is 6.18 Å². The first kappa shape index (κ1) is 13.1. The number of pyridine rings is 1. The minimum atomic E-state index is -4.46. The number of para-hydroxylation sites is 1. The lowest BCUT2D eigenvalue weighted by Crippen LogP contribution is -2.20. The summed E-state index contributed by atoms with van der Waals surface area (Å²) in [7, 11) is 0. The van der Waals surface area contributed by atoms with Gasteiger partial charge in [0.1, 0.15) is 11.4 Å². The Morgan fingerprint density at radius 1 is 1.32 bits per heavy atom. The highest BCUT2D eigenvalue weighted by Gasteiger charge is 2.29. The van der Waals surface area contributed by atoms with Gasteiger partial charge < -0.3 is 10.5 Å². The molecule has 7 heteroatoms. The van der Waals surface area contributed by atoms with Crippen LogP contribution in [-0.2, 0) is 0 Å². The van der Waals surface area contributed by atoms with Crippen LogP contribution in [0.4, 0.5) is 13.2 Å². The third-order valence-corrected chi connectivity index (χ3v) is 2.32. The van der Waals surface area contributed by atoms with E-state index >= 15 is 0 Å². The number of nitrogens with two attached hydrogens (primary N) is 1. The van der Waals surface area contributed by atoms with Gasteiger partial charge in [-0.1, -0.05) is 12.1 Å². The molecular weight excluding hydrogens is 261 g/mol. The van der Waals surface area contributed by atoms with E-state index in [9.17, 15) is 18.0 Å². The zero-order chi connectivity index (χ0) is 14.0. The van der Waals surface area contributed by atoms with Gasteiger partial charge in [-0.2, -0.15) is 13.2 Å². The Kier molecular flexibility index (Phi) is 3.28. The first-order chi connectivity index (χ1) is 8.87. The van der Waals surface area contributed by atoms with Crippen LogP contribution in [0.1, 0.15) is 10.5 Å². The molecule has 0 saturated heterocycles. The van der Waals surface area contributed by atoms with Crippen molar-refractivity contribution >= 4 is 16.8 Å². The molecule has 0 bridgehead atoms. The van der Waals surface area contributed by atoms with Gasteiger partial charge in [0.05, 0.1) is 5.52 Å². The maximum atomic E-state index is 12.2. The third-order valence-electron chi connectivity index (χ3n) is 2.32. The Morgan fingerprint density at radius 3 is 2.63 bits per heavy atom. The minimum absolute atomic E-state index is 0.0725. The van der Waals surface area contributed by atoms with Gasteiger partial charge in [0.2, 0.25) is 0 Å². The van der Waals surface area contributed by atoms with Crippen molar-refractivity contribution in [3.63, 3.8) is 0 Å². The summed E-state index contributed by atoms with van der Waals surface area (Å²) in [6.07, 6.45) is -4.46. The molecule has 0 aliphatic rings. The number of carbonyl (C=O) groups excluding carboxylic acids is 1. The number of benzene rings is 1. The summed E-state index contributed by atoms with van der Waals surface area (Å²) in [5.74, 6) is -0.903. The minimum Gasteiger partial charge on any atom is -0.483 e. The Bertz CT molecular complexity index is 626. The van der Waals surface area contributed by atoms with Crippen LogP contribution in [0.25, 0.3) is 10.9 Å². The van der Waals surface area contributed by atoms with Gasteiger partial charge in [-0.05, 0) is 12.1 Å². The number of primary amides is 1. The second-order valence-corrected chi connectivity index (χ2v) is 3.79. The highest BCUT2D eigenvalue weighted by molar-refractivity contribution is 5.96. The fourth-order valence-corrected chi connectivity index (χ4v) is 1.55. The summed E-state index contributed by atoms with van der Waals surface area (Å²) >= 11 is 0. The van der Waals surface area contributed by atoms with Crippen LogP contribution >= 0.6 is 0 Å². The molecule has 0 unspecified atom stereocenters. The quantitative estimate of drug-likeness (QED) is 0.930. The predicted octanol–water partition coefficient (Wildman–Crippen LogP) is 2.27. The second-order valence-electron chi connectivity index (χ2n) is 3.79.